The van der Waals surface area contributed by atoms with Crippen molar-refractivity contribution in [2.45, 2.75) is 58.4 Å². The van der Waals surface area contributed by atoms with Gasteiger partial charge in [-0.2, -0.15) is 0 Å². The van der Waals surface area contributed by atoms with Crippen LogP contribution in [0.3, 0.4) is 0 Å². The fourth-order valence-corrected chi connectivity index (χ4v) is 4.51. The van der Waals surface area contributed by atoms with Gasteiger partial charge in [0.2, 0.25) is 0 Å². The highest BCUT2D eigenvalue weighted by Gasteiger charge is 2.17. The summed E-state index contributed by atoms with van der Waals surface area (Å²) in [4.78, 5) is 10.3. The summed E-state index contributed by atoms with van der Waals surface area (Å²) in [6.07, 6.45) is 8.26. The minimum absolute atomic E-state index is 0.367. The van der Waals surface area contributed by atoms with Crippen LogP contribution in [-0.2, 0) is 4.74 Å². The number of aliphatic imine (C=N–C) groups is 1. The highest BCUT2D eigenvalue weighted by molar-refractivity contribution is 7.80. The molecule has 8 heteroatoms. The van der Waals surface area contributed by atoms with E-state index in [0.717, 1.165) is 80.5 Å². The lowest BCUT2D eigenvalue weighted by atomic mass is 10.1. The van der Waals surface area contributed by atoms with Crippen LogP contribution in [0, 0.1) is 5.92 Å². The summed E-state index contributed by atoms with van der Waals surface area (Å²) in [6.45, 7) is 10.6. The zero-order valence-corrected chi connectivity index (χ0v) is 21.3. The smallest absolute Gasteiger partial charge is 0.183 e. The van der Waals surface area contributed by atoms with Crippen LogP contribution in [0.1, 0.15) is 58.1 Å². The fourth-order valence-electron chi connectivity index (χ4n) is 3.37. The topological polar surface area (TPSA) is 58.5 Å². The Kier molecular flexibility index (Phi) is 11.7. The van der Waals surface area contributed by atoms with Crippen molar-refractivity contribution in [2.75, 3.05) is 32.1 Å². The molecule has 0 aromatic carbocycles. The molecule has 31 heavy (non-hydrogen) atoms. The largest absolute Gasteiger partial charge is 0.382 e. The first kappa shape index (κ1) is 26.0. The molecule has 0 saturated heterocycles. The first-order chi connectivity index (χ1) is 14.9. The summed E-state index contributed by atoms with van der Waals surface area (Å²) in [6, 6.07) is 0.367. The van der Waals surface area contributed by atoms with Crippen LogP contribution in [0.2, 0.25) is 0 Å². The molecule has 2 rings (SSSR count). The van der Waals surface area contributed by atoms with E-state index in [4.69, 9.17) is 33.5 Å². The Bertz CT molecular complexity index is 790. The maximum atomic E-state index is 6.34. The van der Waals surface area contributed by atoms with Gasteiger partial charge in [0, 0.05) is 48.8 Å². The van der Waals surface area contributed by atoms with E-state index in [2.05, 4.69) is 29.1 Å². The maximum Gasteiger partial charge on any atom is 0.183 e. The number of thiocarbonyl (C=S) groups is 1. The van der Waals surface area contributed by atoms with Crippen molar-refractivity contribution in [1.82, 2.24) is 10.3 Å². The Labute approximate surface area is 201 Å². The number of rotatable bonds is 11. The summed E-state index contributed by atoms with van der Waals surface area (Å²) >= 11 is 13.3. The summed E-state index contributed by atoms with van der Waals surface area (Å²) in [5.41, 5.74) is 1.59. The molecule has 1 aromatic rings. The zero-order valence-electron chi connectivity index (χ0n) is 18.9. The number of aromatic nitrogens is 1. The Morgan fingerprint density at radius 2 is 2.29 bits per heavy atom. The van der Waals surface area contributed by atoms with E-state index >= 15 is 0 Å². The van der Waals surface area contributed by atoms with Crippen molar-refractivity contribution in [2.24, 2.45) is 10.9 Å². The lowest BCUT2D eigenvalue weighted by molar-refractivity contribution is 0.135. The van der Waals surface area contributed by atoms with Gasteiger partial charge in [-0.15, -0.1) is 11.3 Å². The first-order valence-corrected chi connectivity index (χ1v) is 12.7. The van der Waals surface area contributed by atoms with Crippen LogP contribution < -0.4 is 10.6 Å². The maximum absolute atomic E-state index is 6.34. The average Bonchev–Trinajstić information content (AvgIpc) is 3.11. The van der Waals surface area contributed by atoms with E-state index in [1.807, 2.05) is 18.4 Å². The van der Waals surface area contributed by atoms with Gasteiger partial charge in [0.25, 0.3) is 0 Å². The number of hydrogen-bond donors (Lipinski definition) is 2. The first-order valence-electron chi connectivity index (χ1n) is 11.0. The molecule has 1 unspecified atom stereocenters. The van der Waals surface area contributed by atoms with Gasteiger partial charge in [0.05, 0.1) is 5.69 Å². The predicted octanol–water partition coefficient (Wildman–Crippen LogP) is 6.07. The molecule has 1 saturated carbocycles. The third kappa shape index (κ3) is 9.39. The van der Waals surface area contributed by atoms with E-state index < -0.39 is 0 Å². The third-order valence-corrected chi connectivity index (χ3v) is 6.70. The van der Waals surface area contributed by atoms with Gasteiger partial charge >= 0.3 is 0 Å². The molecule has 1 aliphatic rings. The summed E-state index contributed by atoms with van der Waals surface area (Å²) in [5.74, 6) is 1.30. The molecule has 1 aromatic heterocycles. The van der Waals surface area contributed by atoms with Crippen LogP contribution >= 0.6 is 35.2 Å². The number of ether oxygens (including phenoxy) is 1. The van der Waals surface area contributed by atoms with Crippen molar-refractivity contribution in [3.8, 4) is 0 Å². The van der Waals surface area contributed by atoms with Crippen LogP contribution in [0.4, 0.5) is 5.13 Å². The Hall–Kier alpha value is -1.28. The molecular formula is C23H35ClN4OS2. The molecular weight excluding hydrogens is 448 g/mol. The fraction of sp³-hybridized carbons (Fsp3) is 0.609. The van der Waals surface area contributed by atoms with E-state index in [1.54, 1.807) is 18.4 Å². The second-order valence-corrected chi connectivity index (χ2v) is 9.78. The van der Waals surface area contributed by atoms with E-state index in [-0.39, 0.29) is 0 Å². The molecule has 1 heterocycles. The third-order valence-electron chi connectivity index (χ3n) is 5.29. The number of allylic oxidation sites excluding steroid dienone is 2. The molecule has 0 radical (unpaired) electrons. The normalized spacial score (nSPS) is 19.1. The molecule has 1 fully saturated rings. The lowest BCUT2D eigenvalue weighted by Gasteiger charge is -2.18. The minimum Gasteiger partial charge on any atom is -0.382 e. The SMILES string of the molecule is C=C(Cl)/C(=C\C(=NC)N[C@@H]1CCCC(=S)CC1)c1csc(NCC(C)CCOCC)n1. The lowest BCUT2D eigenvalue weighted by Crippen LogP contribution is -2.33. The number of nitrogens with one attached hydrogen (secondary N) is 2. The molecule has 2 atom stereocenters. The Morgan fingerprint density at radius 3 is 3.00 bits per heavy atom. The van der Waals surface area contributed by atoms with Gasteiger partial charge in [-0.1, -0.05) is 37.3 Å². The van der Waals surface area contributed by atoms with Gasteiger partial charge < -0.3 is 15.4 Å². The number of hydrogen-bond acceptors (Lipinski definition) is 6. The number of anilines is 1. The average molecular weight is 483 g/mol. The van der Waals surface area contributed by atoms with Gasteiger partial charge in [-0.05, 0) is 62.3 Å². The number of halogens is 1. The minimum atomic E-state index is 0.367. The monoisotopic (exact) mass is 482 g/mol. The van der Waals surface area contributed by atoms with E-state index in [0.29, 0.717) is 17.0 Å². The van der Waals surface area contributed by atoms with Crippen LogP contribution in [-0.4, -0.2) is 48.5 Å². The molecule has 0 aliphatic heterocycles. The quantitative estimate of drug-likeness (QED) is 0.0999. The number of amidine groups is 1. The molecule has 1 aliphatic carbocycles. The highest BCUT2D eigenvalue weighted by Crippen LogP contribution is 2.28. The van der Waals surface area contributed by atoms with E-state index in [9.17, 15) is 0 Å². The second-order valence-electron chi connectivity index (χ2n) is 7.89. The summed E-state index contributed by atoms with van der Waals surface area (Å²) in [5, 5.41) is 10.3. The van der Waals surface area contributed by atoms with Crippen molar-refractivity contribution >= 4 is 56.6 Å². The van der Waals surface area contributed by atoms with Crippen molar-refractivity contribution in [3.05, 3.63) is 28.8 Å². The molecule has 0 amide bonds. The molecule has 2 N–H and O–H groups in total. The van der Waals surface area contributed by atoms with Gasteiger partial charge in [0.15, 0.2) is 5.13 Å². The van der Waals surface area contributed by atoms with Crippen LogP contribution in [0.15, 0.2) is 28.1 Å². The Morgan fingerprint density at radius 1 is 1.48 bits per heavy atom. The van der Waals surface area contributed by atoms with Gasteiger partial charge in [-0.3, -0.25) is 4.99 Å². The van der Waals surface area contributed by atoms with Crippen LogP contribution in [0.25, 0.3) is 5.57 Å². The van der Waals surface area contributed by atoms with Crippen molar-refractivity contribution in [3.63, 3.8) is 0 Å². The van der Waals surface area contributed by atoms with E-state index in [1.165, 1.54) is 4.86 Å². The molecule has 0 bridgehead atoms. The van der Waals surface area contributed by atoms with Crippen molar-refractivity contribution < 1.29 is 4.74 Å². The van der Waals surface area contributed by atoms with Gasteiger partial charge in [-0.25, -0.2) is 4.98 Å². The number of thiazole rings is 1. The predicted molar refractivity (Wildman–Crippen MR) is 140 cm³/mol. The Balaban J connectivity index is 2.01. The highest BCUT2D eigenvalue weighted by atomic mass is 35.5. The van der Waals surface area contributed by atoms with Crippen LogP contribution in [0.5, 0.6) is 0 Å². The standard InChI is InChI=1S/C23H35ClN4OS2/c1-5-29-12-11-16(2)14-26-23-28-21(15-31-23)20(17(3)24)13-22(25-4)27-18-7-6-8-19(30)10-9-18/h13,15-16,18H,3,5-12,14H2,1-2,4H3,(H,25,27)(H,26,28)/b20-13+/t16?,18-/m1/s1. The summed E-state index contributed by atoms with van der Waals surface area (Å²) in [7, 11) is 1.78. The molecule has 172 valence electrons. The van der Waals surface area contributed by atoms with Gasteiger partial charge in [0.1, 0.15) is 5.84 Å². The number of nitrogens with zero attached hydrogens (tertiary/aromatic N) is 2. The molecule has 5 nitrogen and oxygen atoms in total. The summed E-state index contributed by atoms with van der Waals surface area (Å²) < 4.78 is 5.44. The zero-order chi connectivity index (χ0) is 22.6. The second kappa shape index (κ2) is 14.0. The van der Waals surface area contributed by atoms with Crippen molar-refractivity contribution in [1.29, 1.82) is 0 Å². The molecule has 0 spiro atoms.